The van der Waals surface area contributed by atoms with Crippen LogP contribution in [0.4, 0.5) is 5.69 Å². The Kier molecular flexibility index (Phi) is 5.10. The molecular weight excluding hydrogens is 311 g/mol. The number of amidine groups is 1. The summed E-state index contributed by atoms with van der Waals surface area (Å²) in [6.45, 7) is 0. The Labute approximate surface area is 102 Å². The molecule has 0 bridgehead atoms. The Morgan fingerprint density at radius 3 is 2.50 bits per heavy atom. The van der Waals surface area contributed by atoms with E-state index in [1.807, 2.05) is 53.4 Å². The van der Waals surface area contributed by atoms with Gasteiger partial charge in [-0.3, -0.25) is 0 Å². The van der Waals surface area contributed by atoms with Crippen molar-refractivity contribution < 1.29 is 4.74 Å². The number of benzene rings is 1. The van der Waals surface area contributed by atoms with Gasteiger partial charge in [0, 0.05) is 5.69 Å². The lowest BCUT2D eigenvalue weighted by atomic mass is 10.3. The highest BCUT2D eigenvalue weighted by Crippen LogP contribution is 2.16. The van der Waals surface area contributed by atoms with E-state index in [1.165, 1.54) is 0 Å². The van der Waals surface area contributed by atoms with Crippen LogP contribution in [0.3, 0.4) is 0 Å². The van der Waals surface area contributed by atoms with Crippen LogP contribution in [0.25, 0.3) is 0 Å². The summed E-state index contributed by atoms with van der Waals surface area (Å²) in [5.74, 6) is 0.854. The second kappa shape index (κ2) is 6.13. The SMILES string of the molecule is COc1ccc(NC(=NI)SC)cc1. The molecule has 76 valence electrons. The first-order chi connectivity index (χ1) is 6.80. The molecule has 14 heavy (non-hydrogen) atoms. The van der Waals surface area contributed by atoms with Crippen molar-refractivity contribution >= 4 is 45.5 Å². The van der Waals surface area contributed by atoms with Gasteiger partial charge in [-0.2, -0.15) is 3.21 Å². The summed E-state index contributed by atoms with van der Waals surface area (Å²) in [6, 6.07) is 7.73. The lowest BCUT2D eigenvalue weighted by Gasteiger charge is -2.06. The van der Waals surface area contributed by atoms with Gasteiger partial charge in [0.2, 0.25) is 0 Å². The van der Waals surface area contributed by atoms with Crippen LogP contribution in [0.15, 0.2) is 27.5 Å². The molecule has 3 nitrogen and oxygen atoms in total. The van der Waals surface area contributed by atoms with Crippen LogP contribution in [-0.2, 0) is 0 Å². The van der Waals surface area contributed by atoms with Gasteiger partial charge in [0.1, 0.15) is 5.75 Å². The molecule has 0 heterocycles. The van der Waals surface area contributed by atoms with Crippen molar-refractivity contribution in [3.8, 4) is 5.75 Å². The molecule has 1 N–H and O–H groups in total. The maximum Gasteiger partial charge on any atom is 0.171 e. The number of nitrogens with zero attached hydrogens (tertiary/aromatic N) is 1. The van der Waals surface area contributed by atoms with Crippen LogP contribution in [0.2, 0.25) is 0 Å². The van der Waals surface area contributed by atoms with E-state index in [9.17, 15) is 0 Å². The zero-order chi connectivity index (χ0) is 10.4. The number of thioether (sulfide) groups is 1. The second-order valence-electron chi connectivity index (χ2n) is 2.45. The normalized spacial score (nSPS) is 11.2. The molecule has 0 fully saturated rings. The summed E-state index contributed by atoms with van der Waals surface area (Å²) in [6.07, 6.45) is 1.98. The van der Waals surface area contributed by atoms with Gasteiger partial charge in [0.05, 0.1) is 30.0 Å². The molecule has 0 amide bonds. The number of rotatable bonds is 2. The largest absolute Gasteiger partial charge is 0.497 e. The Bertz CT molecular complexity index is 313. The Morgan fingerprint density at radius 2 is 2.07 bits per heavy atom. The lowest BCUT2D eigenvalue weighted by molar-refractivity contribution is 0.415. The van der Waals surface area contributed by atoms with Crippen molar-refractivity contribution in [3.05, 3.63) is 24.3 Å². The number of ether oxygens (including phenoxy) is 1. The summed E-state index contributed by atoms with van der Waals surface area (Å²) in [5, 5.41) is 4.06. The first-order valence-corrected chi connectivity index (χ1v) is 6.13. The zero-order valence-corrected chi connectivity index (χ0v) is 10.9. The van der Waals surface area contributed by atoms with Crippen LogP contribution in [-0.4, -0.2) is 18.5 Å². The van der Waals surface area contributed by atoms with E-state index in [1.54, 1.807) is 18.9 Å². The van der Waals surface area contributed by atoms with Crippen LogP contribution in [0.5, 0.6) is 5.75 Å². The van der Waals surface area contributed by atoms with E-state index in [4.69, 9.17) is 4.74 Å². The average molecular weight is 322 g/mol. The van der Waals surface area contributed by atoms with Crippen molar-refractivity contribution in [2.75, 3.05) is 18.7 Å². The lowest BCUT2D eigenvalue weighted by Crippen LogP contribution is -2.05. The molecule has 0 saturated heterocycles. The molecule has 1 rings (SSSR count). The third-order valence-electron chi connectivity index (χ3n) is 1.61. The van der Waals surface area contributed by atoms with Crippen LogP contribution in [0.1, 0.15) is 0 Å². The summed E-state index contributed by atoms with van der Waals surface area (Å²) in [4.78, 5) is 0. The second-order valence-corrected chi connectivity index (χ2v) is 3.72. The van der Waals surface area contributed by atoms with Crippen molar-refractivity contribution in [3.63, 3.8) is 0 Å². The van der Waals surface area contributed by atoms with Crippen LogP contribution >= 0.6 is 34.6 Å². The fourth-order valence-electron chi connectivity index (χ4n) is 0.904. The minimum atomic E-state index is 0.854. The number of nitrogens with one attached hydrogen (secondary N) is 1. The standard InChI is InChI=1S/C9H11IN2OS/c1-13-8-5-3-7(4-6-8)11-9(12-10)14-2/h3-6H,1-2H3,(H,11,12). The highest BCUT2D eigenvalue weighted by molar-refractivity contribution is 14.1. The van der Waals surface area contributed by atoms with E-state index in [0.717, 1.165) is 16.6 Å². The molecule has 0 unspecified atom stereocenters. The summed E-state index contributed by atoms with van der Waals surface area (Å²) in [7, 11) is 1.65. The van der Waals surface area contributed by atoms with Crippen molar-refractivity contribution in [1.29, 1.82) is 0 Å². The van der Waals surface area contributed by atoms with Gasteiger partial charge in [0.25, 0.3) is 0 Å². The molecular formula is C9H11IN2OS. The first kappa shape index (κ1) is 11.6. The third kappa shape index (κ3) is 3.38. The van der Waals surface area contributed by atoms with E-state index >= 15 is 0 Å². The fraction of sp³-hybridized carbons (Fsp3) is 0.222. The number of hydrogen-bond donors (Lipinski definition) is 1. The molecule has 1 aromatic carbocycles. The van der Waals surface area contributed by atoms with E-state index in [0.29, 0.717) is 0 Å². The van der Waals surface area contributed by atoms with Crippen LogP contribution < -0.4 is 10.1 Å². The van der Waals surface area contributed by atoms with Crippen molar-refractivity contribution in [2.24, 2.45) is 3.21 Å². The topological polar surface area (TPSA) is 33.6 Å². The van der Waals surface area contributed by atoms with Crippen LogP contribution in [0, 0.1) is 0 Å². The van der Waals surface area contributed by atoms with E-state index in [2.05, 4.69) is 8.52 Å². The van der Waals surface area contributed by atoms with Gasteiger partial charge in [-0.1, -0.05) is 11.8 Å². The quantitative estimate of drug-likeness (QED) is 0.516. The molecule has 0 aromatic heterocycles. The van der Waals surface area contributed by atoms with Gasteiger partial charge in [0.15, 0.2) is 5.17 Å². The molecule has 0 spiro atoms. The van der Waals surface area contributed by atoms with E-state index < -0.39 is 0 Å². The molecule has 0 aliphatic heterocycles. The zero-order valence-electron chi connectivity index (χ0n) is 7.95. The molecule has 1 aromatic rings. The minimum Gasteiger partial charge on any atom is -0.497 e. The minimum absolute atomic E-state index is 0.854. The average Bonchev–Trinajstić information content (AvgIpc) is 2.26. The van der Waals surface area contributed by atoms with Crippen molar-refractivity contribution in [1.82, 2.24) is 0 Å². The Balaban J connectivity index is 2.68. The third-order valence-corrected chi connectivity index (χ3v) is 3.00. The Morgan fingerprint density at radius 1 is 1.43 bits per heavy atom. The number of anilines is 1. The van der Waals surface area contributed by atoms with E-state index in [-0.39, 0.29) is 0 Å². The molecule has 0 radical (unpaired) electrons. The highest BCUT2D eigenvalue weighted by Gasteiger charge is 1.97. The monoisotopic (exact) mass is 322 g/mol. The van der Waals surface area contributed by atoms with Gasteiger partial charge in [-0.05, 0) is 30.5 Å². The molecule has 0 atom stereocenters. The predicted molar refractivity (Wildman–Crippen MR) is 71.6 cm³/mol. The smallest absolute Gasteiger partial charge is 0.171 e. The maximum absolute atomic E-state index is 5.06. The summed E-state index contributed by atoms with van der Waals surface area (Å²) in [5.41, 5.74) is 1.01. The van der Waals surface area contributed by atoms with Gasteiger partial charge in [-0.15, -0.1) is 0 Å². The summed E-state index contributed by atoms with van der Waals surface area (Å²) >= 11 is 3.55. The first-order valence-electron chi connectivity index (χ1n) is 3.94. The number of hydrogen-bond acceptors (Lipinski definition) is 3. The number of halogens is 1. The van der Waals surface area contributed by atoms with Gasteiger partial charge >= 0.3 is 0 Å². The molecule has 5 heteroatoms. The Hall–Kier alpha value is -0.430. The number of methoxy groups -OCH3 is 1. The molecule has 0 aliphatic carbocycles. The van der Waals surface area contributed by atoms with Crippen molar-refractivity contribution in [2.45, 2.75) is 0 Å². The fourth-order valence-corrected chi connectivity index (χ4v) is 1.90. The molecule has 0 aliphatic rings. The molecule has 0 saturated carbocycles. The highest BCUT2D eigenvalue weighted by atomic mass is 127. The summed E-state index contributed by atoms with van der Waals surface area (Å²) < 4.78 is 9.11. The van der Waals surface area contributed by atoms with Gasteiger partial charge in [-0.25, -0.2) is 0 Å². The van der Waals surface area contributed by atoms with Gasteiger partial charge < -0.3 is 10.1 Å². The predicted octanol–water partition coefficient (Wildman–Crippen LogP) is 3.18. The maximum atomic E-state index is 5.06.